The molecule has 2 fully saturated rings. The number of benzene rings is 1. The van der Waals surface area contributed by atoms with Crippen molar-refractivity contribution >= 4 is 11.8 Å². The molecule has 0 spiro atoms. The summed E-state index contributed by atoms with van der Waals surface area (Å²) < 4.78 is 22.5. The highest BCUT2D eigenvalue weighted by molar-refractivity contribution is 5.68. The van der Waals surface area contributed by atoms with Crippen LogP contribution in [0.15, 0.2) is 18.2 Å². The van der Waals surface area contributed by atoms with E-state index in [0.717, 1.165) is 0 Å². The molecule has 1 aromatic carbocycles. The summed E-state index contributed by atoms with van der Waals surface area (Å²) in [6.07, 6.45) is 0.177. The quantitative estimate of drug-likeness (QED) is 0.570. The van der Waals surface area contributed by atoms with Crippen molar-refractivity contribution in [2.45, 2.75) is 51.6 Å². The van der Waals surface area contributed by atoms with Crippen molar-refractivity contribution in [3.63, 3.8) is 0 Å². The smallest absolute Gasteiger partial charge is 0.410 e. The molecule has 2 aliphatic rings. The summed E-state index contributed by atoms with van der Waals surface area (Å²) in [5, 5.41) is 11.1. The predicted molar refractivity (Wildman–Crippen MR) is 99.2 cm³/mol. The number of amides is 1. The van der Waals surface area contributed by atoms with Gasteiger partial charge in [0.05, 0.1) is 23.7 Å². The van der Waals surface area contributed by atoms with E-state index in [1.807, 2.05) is 20.8 Å². The fourth-order valence-corrected chi connectivity index (χ4v) is 3.14. The Kier molecular flexibility index (Phi) is 6.04. The van der Waals surface area contributed by atoms with Gasteiger partial charge in [0.15, 0.2) is 6.29 Å². The van der Waals surface area contributed by atoms with Gasteiger partial charge < -0.3 is 23.8 Å². The molecular weight excluding hydrogens is 368 g/mol. The minimum absolute atomic E-state index is 0.0406. The van der Waals surface area contributed by atoms with E-state index in [9.17, 15) is 14.9 Å². The number of likely N-dealkylation sites (tertiary alicyclic amines) is 1. The van der Waals surface area contributed by atoms with Crippen LogP contribution in [0.3, 0.4) is 0 Å². The van der Waals surface area contributed by atoms with Crippen LogP contribution < -0.4 is 4.74 Å². The third-order valence-corrected chi connectivity index (χ3v) is 4.47. The van der Waals surface area contributed by atoms with Crippen molar-refractivity contribution in [2.24, 2.45) is 0 Å². The summed E-state index contributed by atoms with van der Waals surface area (Å²) in [4.78, 5) is 24.5. The van der Waals surface area contributed by atoms with E-state index in [1.54, 1.807) is 11.0 Å². The second-order valence-electron chi connectivity index (χ2n) is 7.84. The average molecular weight is 394 g/mol. The van der Waals surface area contributed by atoms with Gasteiger partial charge in [0.25, 0.3) is 5.69 Å². The van der Waals surface area contributed by atoms with E-state index < -0.39 is 16.8 Å². The zero-order valence-electron chi connectivity index (χ0n) is 16.4. The third-order valence-electron chi connectivity index (χ3n) is 4.47. The molecule has 0 bridgehead atoms. The Morgan fingerprint density at radius 1 is 1.21 bits per heavy atom. The van der Waals surface area contributed by atoms with Crippen LogP contribution in [0.5, 0.6) is 5.75 Å². The number of non-ortho nitro benzene ring substituents is 1. The van der Waals surface area contributed by atoms with Crippen molar-refractivity contribution in [2.75, 3.05) is 26.3 Å². The Morgan fingerprint density at radius 2 is 1.86 bits per heavy atom. The molecule has 154 valence electrons. The first-order valence-corrected chi connectivity index (χ1v) is 9.39. The molecule has 2 aliphatic heterocycles. The Morgan fingerprint density at radius 3 is 2.43 bits per heavy atom. The third kappa shape index (κ3) is 5.11. The fourth-order valence-electron chi connectivity index (χ4n) is 3.14. The van der Waals surface area contributed by atoms with Crippen molar-refractivity contribution in [1.29, 1.82) is 0 Å². The summed E-state index contributed by atoms with van der Waals surface area (Å²) in [5.74, 6) is 0.508. The molecule has 2 saturated heterocycles. The van der Waals surface area contributed by atoms with Gasteiger partial charge in [0.1, 0.15) is 17.5 Å². The number of piperidine rings is 1. The monoisotopic (exact) mass is 394 g/mol. The van der Waals surface area contributed by atoms with Crippen LogP contribution in [0.1, 0.15) is 45.5 Å². The average Bonchev–Trinajstić information content (AvgIpc) is 3.15. The lowest BCUT2D eigenvalue weighted by Crippen LogP contribution is -2.44. The number of hydrogen-bond donors (Lipinski definition) is 0. The number of carbonyl (C=O) groups is 1. The highest BCUT2D eigenvalue weighted by atomic mass is 16.7. The van der Waals surface area contributed by atoms with E-state index in [4.69, 9.17) is 18.9 Å². The molecule has 9 nitrogen and oxygen atoms in total. The Balaban J connectivity index is 1.64. The minimum Gasteiger partial charge on any atom is -0.490 e. The molecule has 9 heteroatoms. The van der Waals surface area contributed by atoms with E-state index in [-0.39, 0.29) is 17.9 Å². The molecule has 0 radical (unpaired) electrons. The van der Waals surface area contributed by atoms with Crippen molar-refractivity contribution < 1.29 is 28.7 Å². The maximum absolute atomic E-state index is 12.2. The summed E-state index contributed by atoms with van der Waals surface area (Å²) in [5.41, 5.74) is -0.0539. The Hall–Kier alpha value is -2.39. The first-order chi connectivity index (χ1) is 13.2. The van der Waals surface area contributed by atoms with E-state index in [2.05, 4.69) is 0 Å². The highest BCUT2D eigenvalue weighted by Gasteiger charge is 2.30. The summed E-state index contributed by atoms with van der Waals surface area (Å²) >= 11 is 0. The van der Waals surface area contributed by atoms with Crippen LogP contribution in [-0.2, 0) is 14.2 Å². The van der Waals surface area contributed by atoms with Gasteiger partial charge in [-0.15, -0.1) is 0 Å². The van der Waals surface area contributed by atoms with Crippen molar-refractivity contribution in [3.05, 3.63) is 33.9 Å². The molecular formula is C19H26N2O7. The van der Waals surface area contributed by atoms with Gasteiger partial charge in [-0.25, -0.2) is 4.79 Å². The molecule has 1 aromatic rings. The number of ether oxygens (including phenoxy) is 4. The molecule has 0 atom stereocenters. The van der Waals surface area contributed by atoms with Crippen LogP contribution in [0.4, 0.5) is 10.5 Å². The Bertz CT molecular complexity index is 717. The SMILES string of the molecule is CC(C)(C)OC(=O)N1CCC(Oc2ccc([N+](=O)[O-])cc2C2OCCO2)CC1. The standard InChI is InChI=1S/C19H26N2O7/c1-19(2,3)28-18(22)20-8-6-14(7-9-20)27-16-5-4-13(21(23)24)12-15(16)17-25-10-11-26-17/h4-5,12,14,17H,6-11H2,1-3H3. The molecule has 1 amide bonds. The Labute approximate surface area is 163 Å². The zero-order valence-corrected chi connectivity index (χ0v) is 16.4. The number of rotatable bonds is 4. The summed E-state index contributed by atoms with van der Waals surface area (Å²) in [7, 11) is 0. The van der Waals surface area contributed by atoms with Gasteiger partial charge in [-0.05, 0) is 26.8 Å². The molecule has 28 heavy (non-hydrogen) atoms. The molecule has 0 saturated carbocycles. The highest BCUT2D eigenvalue weighted by Crippen LogP contribution is 2.35. The first-order valence-electron chi connectivity index (χ1n) is 9.39. The normalized spacial score (nSPS) is 18.9. The van der Waals surface area contributed by atoms with E-state index >= 15 is 0 Å². The fraction of sp³-hybridized carbons (Fsp3) is 0.632. The predicted octanol–water partition coefficient (Wildman–Crippen LogP) is 3.42. The number of carbonyl (C=O) groups excluding carboxylic acids is 1. The molecule has 0 aliphatic carbocycles. The van der Waals surface area contributed by atoms with Gasteiger partial charge in [-0.3, -0.25) is 10.1 Å². The number of nitro groups is 1. The topological polar surface area (TPSA) is 100 Å². The van der Waals surface area contributed by atoms with E-state index in [1.165, 1.54) is 12.1 Å². The van der Waals surface area contributed by atoms with Gasteiger partial charge in [0.2, 0.25) is 0 Å². The summed E-state index contributed by atoms with van der Waals surface area (Å²) in [6.45, 7) is 7.43. The lowest BCUT2D eigenvalue weighted by Gasteiger charge is -2.33. The first kappa shape index (κ1) is 20.3. The van der Waals surface area contributed by atoms with Crippen LogP contribution in [0.2, 0.25) is 0 Å². The van der Waals surface area contributed by atoms with Gasteiger partial charge in [0, 0.05) is 38.1 Å². The molecule has 3 rings (SSSR count). The van der Waals surface area contributed by atoms with Gasteiger partial charge in [-0.1, -0.05) is 0 Å². The lowest BCUT2D eigenvalue weighted by atomic mass is 10.1. The van der Waals surface area contributed by atoms with Crippen molar-refractivity contribution in [3.8, 4) is 5.75 Å². The lowest BCUT2D eigenvalue weighted by molar-refractivity contribution is -0.385. The molecule has 2 heterocycles. The number of nitro benzene ring substituents is 1. The second kappa shape index (κ2) is 8.32. The maximum Gasteiger partial charge on any atom is 0.410 e. The largest absolute Gasteiger partial charge is 0.490 e. The zero-order chi connectivity index (χ0) is 20.3. The number of nitrogens with zero attached hydrogens (tertiary/aromatic N) is 2. The number of hydrogen-bond acceptors (Lipinski definition) is 7. The maximum atomic E-state index is 12.2. The van der Waals surface area contributed by atoms with Gasteiger partial charge >= 0.3 is 6.09 Å². The van der Waals surface area contributed by atoms with Crippen LogP contribution in [-0.4, -0.2) is 53.9 Å². The van der Waals surface area contributed by atoms with E-state index in [0.29, 0.717) is 50.5 Å². The van der Waals surface area contributed by atoms with Crippen LogP contribution in [0.25, 0.3) is 0 Å². The molecule has 0 N–H and O–H groups in total. The van der Waals surface area contributed by atoms with Crippen LogP contribution >= 0.6 is 0 Å². The molecule has 0 unspecified atom stereocenters. The van der Waals surface area contributed by atoms with Gasteiger partial charge in [-0.2, -0.15) is 0 Å². The minimum atomic E-state index is -0.670. The molecule has 0 aromatic heterocycles. The van der Waals surface area contributed by atoms with Crippen molar-refractivity contribution in [1.82, 2.24) is 4.90 Å². The van der Waals surface area contributed by atoms with Crippen LogP contribution in [0, 0.1) is 10.1 Å². The summed E-state index contributed by atoms with van der Waals surface area (Å²) in [6, 6.07) is 4.42. The second-order valence-corrected chi connectivity index (χ2v) is 7.84.